The highest BCUT2D eigenvalue weighted by Crippen LogP contribution is 2.09. The monoisotopic (exact) mass is 247 g/mol. The zero-order valence-electron chi connectivity index (χ0n) is 10.1. The van der Waals surface area contributed by atoms with E-state index in [2.05, 4.69) is 0 Å². The average Bonchev–Trinajstić information content (AvgIpc) is 2.37. The number of carbonyl (C=O) groups is 2. The zero-order valence-corrected chi connectivity index (χ0v) is 10.1. The van der Waals surface area contributed by atoms with Crippen LogP contribution in [-0.2, 0) is 4.79 Å². The van der Waals surface area contributed by atoms with Crippen molar-refractivity contribution in [2.24, 2.45) is 5.73 Å². The number of carboxylic acids is 1. The first-order valence-corrected chi connectivity index (χ1v) is 5.85. The molecule has 1 aromatic rings. The van der Waals surface area contributed by atoms with Gasteiger partial charge in [-0.05, 0) is 18.5 Å². The Morgan fingerprint density at radius 3 is 2.39 bits per heavy atom. The Bertz CT molecular complexity index is 435. The van der Waals surface area contributed by atoms with Crippen molar-refractivity contribution in [2.45, 2.75) is 19.3 Å². The van der Waals surface area contributed by atoms with Gasteiger partial charge in [0.15, 0.2) is 5.78 Å². The van der Waals surface area contributed by atoms with E-state index in [4.69, 9.17) is 10.8 Å². The summed E-state index contributed by atoms with van der Waals surface area (Å²) in [5, 5.41) is 8.50. The van der Waals surface area contributed by atoms with Crippen LogP contribution in [0.3, 0.4) is 0 Å². The van der Waals surface area contributed by atoms with E-state index in [-0.39, 0.29) is 18.6 Å². The number of hydrogen-bond acceptors (Lipinski definition) is 3. The van der Waals surface area contributed by atoms with Crippen molar-refractivity contribution in [3.63, 3.8) is 0 Å². The van der Waals surface area contributed by atoms with Crippen LogP contribution in [0, 0.1) is 0 Å². The van der Waals surface area contributed by atoms with Crippen molar-refractivity contribution in [3.8, 4) is 0 Å². The minimum absolute atomic E-state index is 0.0394. The van der Waals surface area contributed by atoms with Crippen LogP contribution in [0.1, 0.15) is 35.2 Å². The van der Waals surface area contributed by atoms with Crippen LogP contribution in [0.5, 0.6) is 0 Å². The molecule has 0 fully saturated rings. The van der Waals surface area contributed by atoms with E-state index in [1.165, 1.54) is 0 Å². The molecular weight excluding hydrogens is 230 g/mol. The van der Waals surface area contributed by atoms with E-state index in [9.17, 15) is 9.59 Å². The predicted octanol–water partition coefficient (Wildman–Crippen LogP) is 2.10. The number of nitrogens with two attached hydrogens (primary N) is 1. The van der Waals surface area contributed by atoms with Crippen LogP contribution in [0.15, 0.2) is 30.3 Å². The van der Waals surface area contributed by atoms with E-state index in [0.717, 1.165) is 12.0 Å². The third kappa shape index (κ3) is 4.93. The second kappa shape index (κ2) is 7.40. The summed E-state index contributed by atoms with van der Waals surface area (Å²) in [4.78, 5) is 22.0. The van der Waals surface area contributed by atoms with Crippen LogP contribution in [-0.4, -0.2) is 23.4 Å². The predicted molar refractivity (Wildman–Crippen MR) is 70.3 cm³/mol. The molecule has 0 radical (unpaired) electrons. The lowest BCUT2D eigenvalue weighted by Gasteiger charge is -2.00. The van der Waals surface area contributed by atoms with Crippen LogP contribution < -0.4 is 5.73 Å². The molecule has 0 heterocycles. The minimum atomic E-state index is -0.954. The molecule has 1 rings (SSSR count). The Morgan fingerprint density at radius 2 is 1.83 bits per heavy atom. The average molecular weight is 247 g/mol. The van der Waals surface area contributed by atoms with Crippen molar-refractivity contribution >= 4 is 17.8 Å². The number of carboxylic acid groups (broad SMARTS) is 1. The van der Waals surface area contributed by atoms with Gasteiger partial charge in [0.1, 0.15) is 0 Å². The summed E-state index contributed by atoms with van der Waals surface area (Å²) in [5.74, 6) is -1.10. The molecule has 0 spiro atoms. The Kier molecular flexibility index (Phi) is 5.80. The van der Waals surface area contributed by atoms with Gasteiger partial charge in [-0.1, -0.05) is 36.4 Å². The molecule has 0 bridgehead atoms. The van der Waals surface area contributed by atoms with Crippen molar-refractivity contribution < 1.29 is 14.7 Å². The summed E-state index contributed by atoms with van der Waals surface area (Å²) >= 11 is 0. The van der Waals surface area contributed by atoms with Gasteiger partial charge in [-0.25, -0.2) is 0 Å². The fourth-order valence-corrected chi connectivity index (χ4v) is 1.46. The van der Waals surface area contributed by atoms with Crippen LogP contribution in [0.25, 0.3) is 6.08 Å². The molecule has 0 aromatic heterocycles. The van der Waals surface area contributed by atoms with Crippen molar-refractivity contribution in [1.82, 2.24) is 0 Å². The molecule has 4 nitrogen and oxygen atoms in total. The number of aliphatic carboxylic acids is 1. The molecule has 0 amide bonds. The largest absolute Gasteiger partial charge is 0.481 e. The van der Waals surface area contributed by atoms with Gasteiger partial charge in [0, 0.05) is 12.0 Å². The number of ketones is 1. The molecule has 0 unspecified atom stereocenters. The van der Waals surface area contributed by atoms with E-state index in [0.29, 0.717) is 12.1 Å². The second-order valence-electron chi connectivity index (χ2n) is 3.92. The standard InChI is InChI=1S/C14H17NO3/c15-10-2-1-3-11-4-6-12(7-5-11)13(16)8-9-14(17)18/h1,3-7H,2,8-10,15H2,(H,17,18). The number of carbonyl (C=O) groups excluding carboxylic acids is 1. The summed E-state index contributed by atoms with van der Waals surface area (Å²) in [7, 11) is 0. The SMILES string of the molecule is NCCC=Cc1ccc(C(=O)CCC(=O)O)cc1. The fourth-order valence-electron chi connectivity index (χ4n) is 1.46. The van der Waals surface area contributed by atoms with Gasteiger partial charge in [0.25, 0.3) is 0 Å². The van der Waals surface area contributed by atoms with Gasteiger partial charge < -0.3 is 10.8 Å². The molecule has 0 aliphatic heterocycles. The quantitative estimate of drug-likeness (QED) is 0.723. The molecule has 0 atom stereocenters. The Morgan fingerprint density at radius 1 is 1.17 bits per heavy atom. The molecule has 96 valence electrons. The molecule has 4 heteroatoms. The molecule has 3 N–H and O–H groups in total. The number of rotatable bonds is 7. The lowest BCUT2D eigenvalue weighted by atomic mass is 10.0. The molecule has 0 saturated heterocycles. The van der Waals surface area contributed by atoms with Gasteiger partial charge in [-0.15, -0.1) is 0 Å². The van der Waals surface area contributed by atoms with Gasteiger partial charge in [0.2, 0.25) is 0 Å². The molecule has 1 aromatic carbocycles. The topological polar surface area (TPSA) is 80.4 Å². The molecule has 0 saturated carbocycles. The normalized spacial score (nSPS) is 10.7. The summed E-state index contributed by atoms with van der Waals surface area (Å²) < 4.78 is 0. The lowest BCUT2D eigenvalue weighted by Crippen LogP contribution is -2.03. The fraction of sp³-hybridized carbons (Fsp3) is 0.286. The first kappa shape index (κ1) is 14.1. The molecule has 0 aliphatic carbocycles. The van der Waals surface area contributed by atoms with Gasteiger partial charge >= 0.3 is 5.97 Å². The number of hydrogen-bond donors (Lipinski definition) is 2. The number of benzene rings is 1. The first-order chi connectivity index (χ1) is 8.63. The van der Waals surface area contributed by atoms with Crippen molar-refractivity contribution in [3.05, 3.63) is 41.5 Å². The smallest absolute Gasteiger partial charge is 0.303 e. The van der Waals surface area contributed by atoms with Gasteiger partial charge in [-0.3, -0.25) is 9.59 Å². The molecule has 18 heavy (non-hydrogen) atoms. The maximum absolute atomic E-state index is 11.6. The van der Waals surface area contributed by atoms with Gasteiger partial charge in [0.05, 0.1) is 6.42 Å². The van der Waals surface area contributed by atoms with Crippen LogP contribution >= 0.6 is 0 Å². The second-order valence-corrected chi connectivity index (χ2v) is 3.92. The third-order valence-corrected chi connectivity index (χ3v) is 2.44. The lowest BCUT2D eigenvalue weighted by molar-refractivity contribution is -0.136. The maximum Gasteiger partial charge on any atom is 0.303 e. The van der Waals surface area contributed by atoms with Crippen molar-refractivity contribution in [2.75, 3.05) is 6.54 Å². The summed E-state index contributed by atoms with van der Waals surface area (Å²) in [6.07, 6.45) is 4.65. The zero-order chi connectivity index (χ0) is 13.4. The third-order valence-electron chi connectivity index (χ3n) is 2.44. The number of Topliss-reactive ketones (excluding diaryl/α,β-unsaturated/α-hetero) is 1. The summed E-state index contributed by atoms with van der Waals surface area (Å²) in [5.41, 5.74) is 6.92. The Balaban J connectivity index is 2.59. The maximum atomic E-state index is 11.6. The Hall–Kier alpha value is -1.94. The van der Waals surface area contributed by atoms with E-state index < -0.39 is 5.97 Å². The van der Waals surface area contributed by atoms with Crippen LogP contribution in [0.4, 0.5) is 0 Å². The highest BCUT2D eigenvalue weighted by atomic mass is 16.4. The highest BCUT2D eigenvalue weighted by molar-refractivity contribution is 5.97. The first-order valence-electron chi connectivity index (χ1n) is 5.85. The van der Waals surface area contributed by atoms with Crippen molar-refractivity contribution in [1.29, 1.82) is 0 Å². The highest BCUT2D eigenvalue weighted by Gasteiger charge is 2.07. The van der Waals surface area contributed by atoms with Gasteiger partial charge in [-0.2, -0.15) is 0 Å². The molecule has 0 aliphatic rings. The van der Waals surface area contributed by atoms with E-state index in [1.54, 1.807) is 12.1 Å². The summed E-state index contributed by atoms with van der Waals surface area (Å²) in [6.45, 7) is 0.613. The molecular formula is C14H17NO3. The Labute approximate surface area is 106 Å². The summed E-state index contributed by atoms with van der Waals surface area (Å²) in [6, 6.07) is 7.10. The minimum Gasteiger partial charge on any atom is -0.481 e. The van der Waals surface area contributed by atoms with E-state index >= 15 is 0 Å². The van der Waals surface area contributed by atoms with Crippen LogP contribution in [0.2, 0.25) is 0 Å². The van der Waals surface area contributed by atoms with E-state index in [1.807, 2.05) is 24.3 Å².